The van der Waals surface area contributed by atoms with Crippen LogP contribution >= 0.6 is 23.2 Å². The van der Waals surface area contributed by atoms with Crippen molar-refractivity contribution in [3.63, 3.8) is 0 Å². The number of para-hydroxylation sites is 1. The van der Waals surface area contributed by atoms with Crippen molar-refractivity contribution in [2.75, 3.05) is 41.4 Å². The van der Waals surface area contributed by atoms with Crippen molar-refractivity contribution >= 4 is 47.3 Å². The van der Waals surface area contributed by atoms with Crippen molar-refractivity contribution in [1.82, 2.24) is 15.0 Å². The standard InChI is InChI=1S/C27H31Cl2N7O/c28-22-12-11-21(23(29)17-22)19-37-24-10-4-3-9-20(24)18-30-34-25-31-26(35-13-5-1-6-14-35)33-27(32-25)36-15-7-2-8-16-36/h3-4,9-12,17-18H,1-2,5-8,13-16,19H2,(H,31,32,33,34). The zero-order chi connectivity index (χ0) is 25.5. The molecule has 0 bridgehead atoms. The molecule has 8 nitrogen and oxygen atoms in total. The van der Waals surface area contributed by atoms with Crippen LogP contribution in [0.3, 0.4) is 0 Å². The van der Waals surface area contributed by atoms with Gasteiger partial charge >= 0.3 is 0 Å². The maximum Gasteiger partial charge on any atom is 0.250 e. The fraction of sp³-hybridized carbons (Fsp3) is 0.407. The average Bonchev–Trinajstić information content (AvgIpc) is 2.94. The van der Waals surface area contributed by atoms with Crippen molar-refractivity contribution < 1.29 is 4.74 Å². The van der Waals surface area contributed by atoms with Gasteiger partial charge in [-0.25, -0.2) is 5.43 Å². The van der Waals surface area contributed by atoms with E-state index in [1.807, 2.05) is 30.3 Å². The van der Waals surface area contributed by atoms with Gasteiger partial charge in [0, 0.05) is 47.4 Å². The molecule has 0 spiro atoms. The zero-order valence-electron chi connectivity index (χ0n) is 20.7. The van der Waals surface area contributed by atoms with Crippen molar-refractivity contribution in [2.24, 2.45) is 5.10 Å². The van der Waals surface area contributed by atoms with Gasteiger partial charge in [0.25, 0.3) is 0 Å². The van der Waals surface area contributed by atoms with Crippen LogP contribution in [-0.2, 0) is 6.61 Å². The Kier molecular flexibility index (Phi) is 8.58. The van der Waals surface area contributed by atoms with E-state index in [1.165, 1.54) is 12.8 Å². The van der Waals surface area contributed by atoms with Gasteiger partial charge in [0.2, 0.25) is 17.8 Å². The summed E-state index contributed by atoms with van der Waals surface area (Å²) in [4.78, 5) is 18.7. The van der Waals surface area contributed by atoms with E-state index in [9.17, 15) is 0 Å². The third-order valence-corrected chi connectivity index (χ3v) is 7.16. The van der Waals surface area contributed by atoms with Crippen LogP contribution in [0.25, 0.3) is 0 Å². The highest BCUT2D eigenvalue weighted by Gasteiger charge is 2.20. The monoisotopic (exact) mass is 539 g/mol. The number of nitrogens with one attached hydrogen (secondary N) is 1. The number of halogens is 2. The second-order valence-electron chi connectivity index (χ2n) is 9.29. The molecule has 0 unspecified atom stereocenters. The molecular weight excluding hydrogens is 509 g/mol. The molecule has 10 heteroatoms. The Balaban J connectivity index is 1.31. The molecule has 0 radical (unpaired) electrons. The van der Waals surface area contributed by atoms with Crippen LogP contribution in [-0.4, -0.2) is 47.3 Å². The van der Waals surface area contributed by atoms with Gasteiger partial charge in [-0.15, -0.1) is 0 Å². The first kappa shape index (κ1) is 25.5. The number of hydrogen-bond acceptors (Lipinski definition) is 8. The van der Waals surface area contributed by atoms with Crippen molar-refractivity contribution in [3.8, 4) is 5.75 Å². The summed E-state index contributed by atoms with van der Waals surface area (Å²) in [6, 6.07) is 13.1. The fourth-order valence-electron chi connectivity index (χ4n) is 4.55. The first-order valence-electron chi connectivity index (χ1n) is 12.9. The number of benzene rings is 2. The molecule has 194 valence electrons. The molecule has 0 atom stereocenters. The van der Waals surface area contributed by atoms with Gasteiger partial charge in [-0.1, -0.05) is 41.4 Å². The number of rotatable bonds is 8. The van der Waals surface area contributed by atoms with Gasteiger partial charge in [-0.2, -0.15) is 20.1 Å². The van der Waals surface area contributed by atoms with Crippen molar-refractivity contribution in [3.05, 3.63) is 63.6 Å². The lowest BCUT2D eigenvalue weighted by Gasteiger charge is -2.30. The predicted octanol–water partition coefficient (Wildman–Crippen LogP) is 6.18. The summed E-state index contributed by atoms with van der Waals surface area (Å²) in [7, 11) is 0. The number of ether oxygens (including phenoxy) is 1. The smallest absolute Gasteiger partial charge is 0.250 e. The number of hydrogen-bond donors (Lipinski definition) is 1. The summed E-state index contributed by atoms with van der Waals surface area (Å²) in [5.74, 6) is 2.57. The van der Waals surface area contributed by atoms with E-state index in [-0.39, 0.29) is 0 Å². The third-order valence-electron chi connectivity index (χ3n) is 6.58. The van der Waals surface area contributed by atoms with Crippen LogP contribution in [0.5, 0.6) is 5.75 Å². The van der Waals surface area contributed by atoms with E-state index < -0.39 is 0 Å². The number of aromatic nitrogens is 3. The molecular formula is C27H31Cl2N7O. The van der Waals surface area contributed by atoms with Gasteiger partial charge in [0.05, 0.1) is 6.21 Å². The number of hydrazone groups is 1. The lowest BCUT2D eigenvalue weighted by molar-refractivity contribution is 0.306. The van der Waals surface area contributed by atoms with Gasteiger partial charge in [-0.3, -0.25) is 0 Å². The Morgan fingerprint density at radius 3 is 2.14 bits per heavy atom. The predicted molar refractivity (Wildman–Crippen MR) is 150 cm³/mol. The topological polar surface area (TPSA) is 78.8 Å². The second kappa shape index (κ2) is 12.4. The molecule has 1 N–H and O–H groups in total. The lowest BCUT2D eigenvalue weighted by atomic mass is 10.1. The van der Waals surface area contributed by atoms with E-state index in [1.54, 1.807) is 18.3 Å². The molecule has 3 aromatic rings. The minimum absolute atomic E-state index is 0.320. The molecule has 0 amide bonds. The molecule has 1 aromatic heterocycles. The van der Waals surface area contributed by atoms with Crippen LogP contribution in [0, 0.1) is 0 Å². The van der Waals surface area contributed by atoms with Gasteiger partial charge in [0.15, 0.2) is 0 Å². The molecule has 5 rings (SSSR count). The third kappa shape index (κ3) is 6.81. The number of nitrogens with zero attached hydrogens (tertiary/aromatic N) is 6. The van der Waals surface area contributed by atoms with E-state index in [0.29, 0.717) is 28.3 Å². The molecule has 2 fully saturated rings. The highest BCUT2D eigenvalue weighted by atomic mass is 35.5. The molecule has 0 aliphatic carbocycles. The lowest BCUT2D eigenvalue weighted by Crippen LogP contribution is -2.34. The summed E-state index contributed by atoms with van der Waals surface area (Å²) in [5.41, 5.74) is 4.71. The minimum atomic E-state index is 0.320. The van der Waals surface area contributed by atoms with Gasteiger partial charge in [-0.05, 0) is 62.8 Å². The number of anilines is 3. The average molecular weight is 540 g/mol. The molecule has 2 saturated heterocycles. The first-order chi connectivity index (χ1) is 18.2. The van der Waals surface area contributed by atoms with Crippen LogP contribution in [0.4, 0.5) is 17.8 Å². The highest BCUT2D eigenvalue weighted by Crippen LogP contribution is 2.25. The molecule has 3 heterocycles. The van der Waals surface area contributed by atoms with E-state index in [2.05, 4.69) is 20.3 Å². The summed E-state index contributed by atoms with van der Waals surface area (Å²) in [6.07, 6.45) is 8.84. The van der Waals surface area contributed by atoms with Crippen LogP contribution < -0.4 is 20.0 Å². The Morgan fingerprint density at radius 1 is 0.838 bits per heavy atom. The van der Waals surface area contributed by atoms with E-state index in [0.717, 1.165) is 74.9 Å². The van der Waals surface area contributed by atoms with Crippen LogP contribution in [0.1, 0.15) is 49.7 Å². The van der Waals surface area contributed by atoms with E-state index >= 15 is 0 Å². The first-order valence-corrected chi connectivity index (χ1v) is 13.6. The Labute approximate surface area is 227 Å². The molecule has 2 aliphatic rings. The molecule has 0 saturated carbocycles. The Morgan fingerprint density at radius 2 is 1.49 bits per heavy atom. The maximum absolute atomic E-state index is 6.30. The molecule has 2 aliphatic heterocycles. The zero-order valence-corrected chi connectivity index (χ0v) is 22.3. The Hall–Kier alpha value is -3.10. The Bertz CT molecular complexity index is 1190. The SMILES string of the molecule is Clc1ccc(COc2ccccc2C=NNc2nc(N3CCCCC3)nc(N3CCCCC3)n2)c(Cl)c1. The normalized spacial score (nSPS) is 16.3. The van der Waals surface area contributed by atoms with Crippen molar-refractivity contribution in [1.29, 1.82) is 0 Å². The molecule has 37 heavy (non-hydrogen) atoms. The maximum atomic E-state index is 6.30. The molecule has 2 aromatic carbocycles. The minimum Gasteiger partial charge on any atom is -0.488 e. The summed E-state index contributed by atoms with van der Waals surface area (Å²) < 4.78 is 6.04. The highest BCUT2D eigenvalue weighted by molar-refractivity contribution is 6.35. The second-order valence-corrected chi connectivity index (χ2v) is 10.1. The van der Waals surface area contributed by atoms with Crippen LogP contribution in [0.15, 0.2) is 47.6 Å². The van der Waals surface area contributed by atoms with E-state index in [4.69, 9.17) is 42.9 Å². The number of piperidine rings is 2. The quantitative estimate of drug-likeness (QED) is 0.270. The fourth-order valence-corrected chi connectivity index (χ4v) is 5.01. The van der Waals surface area contributed by atoms with Gasteiger partial charge < -0.3 is 14.5 Å². The largest absolute Gasteiger partial charge is 0.488 e. The van der Waals surface area contributed by atoms with Crippen LogP contribution in [0.2, 0.25) is 10.0 Å². The summed E-state index contributed by atoms with van der Waals surface area (Å²) in [6.45, 7) is 4.19. The van der Waals surface area contributed by atoms with Crippen molar-refractivity contribution in [2.45, 2.75) is 45.1 Å². The summed E-state index contributed by atoms with van der Waals surface area (Å²) in [5, 5.41) is 5.61. The summed E-state index contributed by atoms with van der Waals surface area (Å²) >= 11 is 12.3. The van der Waals surface area contributed by atoms with Gasteiger partial charge in [0.1, 0.15) is 12.4 Å².